The molecule has 1 aromatic carbocycles. The van der Waals surface area contributed by atoms with Gasteiger partial charge in [-0.2, -0.15) is 11.8 Å². The Bertz CT molecular complexity index is 649. The highest BCUT2D eigenvalue weighted by atomic mass is 127. The van der Waals surface area contributed by atoms with Gasteiger partial charge >= 0.3 is 0 Å². The van der Waals surface area contributed by atoms with Crippen LogP contribution >= 0.6 is 35.7 Å². The SMILES string of the molecule is CCNC(=NCc1ccc(S(C)(=O)=O)c(C)c1)NCCCCSC.I. The number of aliphatic imine (C=N–C) groups is 1. The molecule has 8 heteroatoms. The maximum absolute atomic E-state index is 11.7. The fraction of sp³-hybridized carbons (Fsp3) is 0.588. The second-order valence-corrected chi connectivity index (χ2v) is 8.66. The molecule has 0 saturated heterocycles. The van der Waals surface area contributed by atoms with Crippen LogP contribution in [0.5, 0.6) is 0 Å². The second kappa shape index (κ2) is 12.8. The largest absolute Gasteiger partial charge is 0.357 e. The van der Waals surface area contributed by atoms with Crippen molar-refractivity contribution in [3.63, 3.8) is 0 Å². The summed E-state index contributed by atoms with van der Waals surface area (Å²) in [5.74, 6) is 1.98. The van der Waals surface area contributed by atoms with Crippen molar-refractivity contribution in [3.8, 4) is 0 Å². The summed E-state index contributed by atoms with van der Waals surface area (Å²) < 4.78 is 23.3. The zero-order valence-corrected chi connectivity index (χ0v) is 19.4. The van der Waals surface area contributed by atoms with Gasteiger partial charge in [-0.3, -0.25) is 0 Å². The van der Waals surface area contributed by atoms with Crippen molar-refractivity contribution in [2.24, 2.45) is 4.99 Å². The summed E-state index contributed by atoms with van der Waals surface area (Å²) in [4.78, 5) is 4.96. The summed E-state index contributed by atoms with van der Waals surface area (Å²) in [6.45, 7) is 6.08. The number of nitrogens with one attached hydrogen (secondary N) is 2. The predicted molar refractivity (Wildman–Crippen MR) is 120 cm³/mol. The van der Waals surface area contributed by atoms with Crippen molar-refractivity contribution in [1.29, 1.82) is 0 Å². The summed E-state index contributed by atoms with van der Waals surface area (Å²) in [6, 6.07) is 5.38. The summed E-state index contributed by atoms with van der Waals surface area (Å²) in [5.41, 5.74) is 1.76. The van der Waals surface area contributed by atoms with Crippen LogP contribution in [0.3, 0.4) is 0 Å². The van der Waals surface area contributed by atoms with Gasteiger partial charge in [0.1, 0.15) is 0 Å². The van der Waals surface area contributed by atoms with Crippen LogP contribution in [-0.4, -0.2) is 45.7 Å². The molecule has 1 rings (SSSR count). The Balaban J connectivity index is 0.00000576. The lowest BCUT2D eigenvalue weighted by Crippen LogP contribution is -2.37. The number of hydrogen-bond acceptors (Lipinski definition) is 4. The molecule has 0 atom stereocenters. The first kappa shape index (κ1) is 24.5. The standard InChI is InChI=1S/C17H29N3O2S2.HI/c1-5-18-17(19-10-6-7-11-23-3)20-13-15-8-9-16(14(2)12-15)24(4,21)22;/h8-9,12H,5-7,10-11,13H2,1-4H3,(H2,18,19,20);1H. The fourth-order valence-corrected chi connectivity index (χ4v) is 3.77. The van der Waals surface area contributed by atoms with E-state index in [0.29, 0.717) is 11.4 Å². The van der Waals surface area contributed by atoms with Crippen molar-refractivity contribution in [1.82, 2.24) is 10.6 Å². The molecule has 1 aromatic rings. The molecule has 0 aromatic heterocycles. The van der Waals surface area contributed by atoms with Gasteiger partial charge in [0.2, 0.25) is 0 Å². The topological polar surface area (TPSA) is 70.6 Å². The third-order valence-corrected chi connectivity index (χ3v) is 5.42. The Morgan fingerprint density at radius 1 is 1.24 bits per heavy atom. The highest BCUT2D eigenvalue weighted by molar-refractivity contribution is 14.0. The first-order chi connectivity index (χ1) is 11.4. The minimum atomic E-state index is -3.17. The molecular weight excluding hydrogens is 469 g/mol. The molecule has 0 aliphatic rings. The van der Waals surface area contributed by atoms with Gasteiger partial charge in [-0.1, -0.05) is 12.1 Å². The van der Waals surface area contributed by atoms with Crippen LogP contribution < -0.4 is 10.6 Å². The van der Waals surface area contributed by atoms with E-state index >= 15 is 0 Å². The van der Waals surface area contributed by atoms with Crippen LogP contribution in [0.25, 0.3) is 0 Å². The molecule has 0 heterocycles. The molecule has 144 valence electrons. The lowest BCUT2D eigenvalue weighted by atomic mass is 10.1. The van der Waals surface area contributed by atoms with Crippen molar-refractivity contribution in [2.45, 2.75) is 38.1 Å². The molecular formula is C17H30IN3O2S2. The van der Waals surface area contributed by atoms with Gasteiger partial charge in [-0.25, -0.2) is 13.4 Å². The van der Waals surface area contributed by atoms with E-state index in [1.165, 1.54) is 18.4 Å². The molecule has 25 heavy (non-hydrogen) atoms. The van der Waals surface area contributed by atoms with E-state index in [4.69, 9.17) is 0 Å². The van der Waals surface area contributed by atoms with Crippen LogP contribution in [0.1, 0.15) is 30.9 Å². The Labute approximate surface area is 173 Å². The van der Waals surface area contributed by atoms with Gasteiger partial charge in [0.15, 0.2) is 15.8 Å². The molecule has 0 saturated carbocycles. The highest BCUT2D eigenvalue weighted by Crippen LogP contribution is 2.17. The summed E-state index contributed by atoms with van der Waals surface area (Å²) in [6.07, 6.45) is 5.67. The minimum Gasteiger partial charge on any atom is -0.357 e. The van der Waals surface area contributed by atoms with E-state index in [-0.39, 0.29) is 24.0 Å². The third kappa shape index (κ3) is 9.69. The van der Waals surface area contributed by atoms with Gasteiger partial charge in [0.05, 0.1) is 11.4 Å². The first-order valence-corrected chi connectivity index (χ1v) is 11.5. The van der Waals surface area contributed by atoms with E-state index in [9.17, 15) is 8.42 Å². The Hall–Kier alpha value is -0.480. The Kier molecular flexibility index (Phi) is 12.6. The first-order valence-electron chi connectivity index (χ1n) is 8.19. The van der Waals surface area contributed by atoms with Gasteiger partial charge in [0, 0.05) is 19.3 Å². The van der Waals surface area contributed by atoms with E-state index in [1.54, 1.807) is 6.07 Å². The normalized spacial score (nSPS) is 11.8. The lowest BCUT2D eigenvalue weighted by Gasteiger charge is -2.11. The number of guanidine groups is 1. The number of sulfone groups is 1. The van der Waals surface area contributed by atoms with E-state index in [1.807, 2.05) is 37.7 Å². The van der Waals surface area contributed by atoms with Gasteiger partial charge in [0.25, 0.3) is 0 Å². The van der Waals surface area contributed by atoms with Gasteiger partial charge < -0.3 is 10.6 Å². The molecule has 0 radical (unpaired) electrons. The van der Waals surface area contributed by atoms with Gasteiger partial charge in [-0.05, 0) is 55.9 Å². The van der Waals surface area contributed by atoms with Crippen LogP contribution in [0.2, 0.25) is 0 Å². The predicted octanol–water partition coefficient (Wildman–Crippen LogP) is 3.21. The number of benzene rings is 1. The summed E-state index contributed by atoms with van der Waals surface area (Å²) >= 11 is 1.87. The molecule has 2 N–H and O–H groups in total. The van der Waals surface area contributed by atoms with Crippen LogP contribution in [0.15, 0.2) is 28.1 Å². The van der Waals surface area contributed by atoms with Crippen LogP contribution in [0, 0.1) is 6.92 Å². The lowest BCUT2D eigenvalue weighted by molar-refractivity contribution is 0.601. The molecule has 0 spiro atoms. The molecule has 0 amide bonds. The number of nitrogens with zero attached hydrogens (tertiary/aromatic N) is 1. The average molecular weight is 499 g/mol. The Morgan fingerprint density at radius 3 is 2.52 bits per heavy atom. The fourth-order valence-electron chi connectivity index (χ4n) is 2.32. The van der Waals surface area contributed by atoms with Crippen LogP contribution in [-0.2, 0) is 16.4 Å². The van der Waals surface area contributed by atoms with Crippen molar-refractivity contribution in [3.05, 3.63) is 29.3 Å². The molecule has 0 fully saturated rings. The zero-order valence-electron chi connectivity index (χ0n) is 15.5. The smallest absolute Gasteiger partial charge is 0.191 e. The maximum atomic E-state index is 11.7. The van der Waals surface area contributed by atoms with E-state index in [2.05, 4.69) is 21.9 Å². The van der Waals surface area contributed by atoms with Crippen molar-refractivity contribution in [2.75, 3.05) is 31.4 Å². The second-order valence-electron chi connectivity index (χ2n) is 5.69. The number of rotatable bonds is 9. The number of hydrogen-bond donors (Lipinski definition) is 2. The summed E-state index contributed by atoms with van der Waals surface area (Å²) in [7, 11) is -3.17. The van der Waals surface area contributed by atoms with Crippen molar-refractivity contribution < 1.29 is 8.42 Å². The Morgan fingerprint density at radius 2 is 1.96 bits per heavy atom. The maximum Gasteiger partial charge on any atom is 0.191 e. The molecule has 5 nitrogen and oxygen atoms in total. The molecule has 0 bridgehead atoms. The molecule has 0 aliphatic carbocycles. The number of unbranched alkanes of at least 4 members (excludes halogenated alkanes) is 1. The minimum absolute atomic E-state index is 0. The summed E-state index contributed by atoms with van der Waals surface area (Å²) in [5, 5.41) is 6.57. The quantitative estimate of drug-likeness (QED) is 0.236. The highest BCUT2D eigenvalue weighted by Gasteiger charge is 2.10. The average Bonchev–Trinajstić information content (AvgIpc) is 2.51. The molecule has 0 unspecified atom stereocenters. The number of thioether (sulfide) groups is 1. The third-order valence-electron chi connectivity index (χ3n) is 3.47. The van der Waals surface area contributed by atoms with Crippen LogP contribution in [0.4, 0.5) is 0 Å². The molecule has 0 aliphatic heterocycles. The zero-order chi connectivity index (χ0) is 18.0. The monoisotopic (exact) mass is 499 g/mol. The number of aryl methyl sites for hydroxylation is 1. The van der Waals surface area contributed by atoms with E-state index in [0.717, 1.165) is 36.6 Å². The number of halogens is 1. The van der Waals surface area contributed by atoms with Gasteiger partial charge in [-0.15, -0.1) is 24.0 Å². The van der Waals surface area contributed by atoms with Crippen molar-refractivity contribution >= 4 is 51.5 Å². The van der Waals surface area contributed by atoms with E-state index < -0.39 is 9.84 Å².